The van der Waals surface area contributed by atoms with Crippen molar-refractivity contribution in [1.82, 2.24) is 10.3 Å². The highest BCUT2D eigenvalue weighted by molar-refractivity contribution is 6.11. The van der Waals surface area contributed by atoms with Crippen LogP contribution in [-0.2, 0) is 11.3 Å². The van der Waals surface area contributed by atoms with Gasteiger partial charge in [0, 0.05) is 18.4 Å². The summed E-state index contributed by atoms with van der Waals surface area (Å²) >= 11 is 0. The third-order valence-corrected chi connectivity index (χ3v) is 5.30. The molecule has 4 rings (SSSR count). The second-order valence-corrected chi connectivity index (χ2v) is 7.52. The zero-order chi connectivity index (χ0) is 21.8. The first-order chi connectivity index (χ1) is 15.1. The largest absolute Gasteiger partial charge is 0.494 e. The van der Waals surface area contributed by atoms with Crippen LogP contribution >= 0.6 is 0 Å². The number of aryl methyl sites for hydroxylation is 1. The standard InChI is InChI=1S/C25H25N3O3/c1-3-31-20-11-9-18(10-12-20)16-27-23(29)15-22-24-21(8-5-13-26-24)25(30)28(22)19-7-4-6-17(2)14-19/h4-14,22H,3,15-16H2,1-2H3,(H,27,29)/t22-/m0/s1. The zero-order valence-electron chi connectivity index (χ0n) is 17.7. The number of pyridine rings is 1. The lowest BCUT2D eigenvalue weighted by Crippen LogP contribution is -2.33. The number of amides is 2. The normalized spacial score (nSPS) is 15.0. The Hall–Kier alpha value is -3.67. The van der Waals surface area contributed by atoms with Crippen LogP contribution in [-0.4, -0.2) is 23.4 Å². The van der Waals surface area contributed by atoms with Gasteiger partial charge in [-0.15, -0.1) is 0 Å². The number of hydrogen-bond donors (Lipinski definition) is 1. The van der Waals surface area contributed by atoms with Crippen LogP contribution in [0.3, 0.4) is 0 Å². The molecule has 2 aromatic carbocycles. The minimum atomic E-state index is -0.439. The molecule has 0 saturated heterocycles. The third-order valence-electron chi connectivity index (χ3n) is 5.30. The Kier molecular flexibility index (Phi) is 5.98. The SMILES string of the molecule is CCOc1ccc(CNC(=O)C[C@H]2c3ncccc3C(=O)N2c2cccc(C)c2)cc1. The van der Waals surface area contributed by atoms with E-state index in [0.29, 0.717) is 24.4 Å². The Morgan fingerprint density at radius 3 is 2.68 bits per heavy atom. The van der Waals surface area contributed by atoms with Gasteiger partial charge in [-0.05, 0) is 61.4 Å². The molecule has 1 aromatic heterocycles. The molecule has 0 fully saturated rings. The molecule has 6 heteroatoms. The Morgan fingerprint density at radius 2 is 1.94 bits per heavy atom. The van der Waals surface area contributed by atoms with Gasteiger partial charge in [0.2, 0.25) is 5.91 Å². The smallest absolute Gasteiger partial charge is 0.260 e. The van der Waals surface area contributed by atoms with Crippen LogP contribution in [0.15, 0.2) is 66.9 Å². The fourth-order valence-electron chi connectivity index (χ4n) is 3.84. The van der Waals surface area contributed by atoms with E-state index >= 15 is 0 Å². The molecule has 1 N–H and O–H groups in total. The highest BCUT2D eigenvalue weighted by Gasteiger charge is 2.39. The van der Waals surface area contributed by atoms with Crippen molar-refractivity contribution in [1.29, 1.82) is 0 Å². The van der Waals surface area contributed by atoms with Crippen LogP contribution in [0.2, 0.25) is 0 Å². The molecule has 0 radical (unpaired) electrons. The molecular weight excluding hydrogens is 390 g/mol. The van der Waals surface area contributed by atoms with Crippen LogP contribution in [0, 0.1) is 6.92 Å². The predicted molar refractivity (Wildman–Crippen MR) is 119 cm³/mol. The molecule has 158 valence electrons. The van der Waals surface area contributed by atoms with E-state index in [1.54, 1.807) is 23.2 Å². The number of ether oxygens (including phenoxy) is 1. The summed E-state index contributed by atoms with van der Waals surface area (Å²) in [7, 11) is 0. The van der Waals surface area contributed by atoms with Crippen LogP contribution in [0.1, 0.15) is 46.6 Å². The lowest BCUT2D eigenvalue weighted by molar-refractivity contribution is -0.121. The van der Waals surface area contributed by atoms with Gasteiger partial charge in [-0.3, -0.25) is 19.5 Å². The molecule has 0 spiro atoms. The lowest BCUT2D eigenvalue weighted by atomic mass is 10.1. The summed E-state index contributed by atoms with van der Waals surface area (Å²) in [4.78, 5) is 32.0. The Bertz CT molecular complexity index is 1100. The van der Waals surface area contributed by atoms with E-state index in [4.69, 9.17) is 4.74 Å². The van der Waals surface area contributed by atoms with Crippen molar-refractivity contribution in [3.63, 3.8) is 0 Å². The Morgan fingerprint density at radius 1 is 1.13 bits per heavy atom. The summed E-state index contributed by atoms with van der Waals surface area (Å²) < 4.78 is 5.45. The Balaban J connectivity index is 1.50. The van der Waals surface area contributed by atoms with Crippen molar-refractivity contribution in [2.24, 2.45) is 0 Å². The van der Waals surface area contributed by atoms with Crippen molar-refractivity contribution in [2.45, 2.75) is 32.9 Å². The number of carbonyl (C=O) groups excluding carboxylic acids is 2. The highest BCUT2D eigenvalue weighted by Crippen LogP contribution is 2.38. The maximum absolute atomic E-state index is 13.1. The van der Waals surface area contributed by atoms with Gasteiger partial charge in [-0.1, -0.05) is 24.3 Å². The molecule has 2 heterocycles. The molecule has 0 unspecified atom stereocenters. The van der Waals surface area contributed by atoms with Crippen LogP contribution in [0.5, 0.6) is 5.75 Å². The van der Waals surface area contributed by atoms with Gasteiger partial charge in [0.1, 0.15) is 5.75 Å². The first-order valence-corrected chi connectivity index (χ1v) is 10.4. The summed E-state index contributed by atoms with van der Waals surface area (Å²) in [6, 6.07) is 18.5. The summed E-state index contributed by atoms with van der Waals surface area (Å²) in [5.74, 6) is 0.541. The Labute approximate surface area is 181 Å². The summed E-state index contributed by atoms with van der Waals surface area (Å²) in [6.07, 6.45) is 1.80. The van der Waals surface area contributed by atoms with Crippen molar-refractivity contribution in [2.75, 3.05) is 11.5 Å². The number of fused-ring (bicyclic) bond motifs is 1. The number of hydrogen-bond acceptors (Lipinski definition) is 4. The van der Waals surface area contributed by atoms with E-state index in [0.717, 1.165) is 22.6 Å². The predicted octanol–water partition coefficient (Wildman–Crippen LogP) is 4.20. The summed E-state index contributed by atoms with van der Waals surface area (Å²) in [6.45, 7) is 4.94. The molecule has 31 heavy (non-hydrogen) atoms. The first kappa shape index (κ1) is 20.6. The summed E-state index contributed by atoms with van der Waals surface area (Å²) in [5, 5.41) is 2.96. The maximum Gasteiger partial charge on any atom is 0.260 e. The van der Waals surface area contributed by atoms with Crippen molar-refractivity contribution >= 4 is 17.5 Å². The van der Waals surface area contributed by atoms with E-state index in [2.05, 4.69) is 10.3 Å². The number of nitrogens with one attached hydrogen (secondary N) is 1. The number of anilines is 1. The van der Waals surface area contributed by atoms with Crippen molar-refractivity contribution in [3.8, 4) is 5.75 Å². The minimum Gasteiger partial charge on any atom is -0.494 e. The molecule has 0 saturated carbocycles. The molecule has 1 aliphatic rings. The lowest BCUT2D eigenvalue weighted by Gasteiger charge is -2.25. The van der Waals surface area contributed by atoms with Gasteiger partial charge in [0.15, 0.2) is 0 Å². The molecule has 2 amide bonds. The van der Waals surface area contributed by atoms with Gasteiger partial charge in [-0.2, -0.15) is 0 Å². The second-order valence-electron chi connectivity index (χ2n) is 7.52. The zero-order valence-corrected chi connectivity index (χ0v) is 17.7. The topological polar surface area (TPSA) is 71.5 Å². The van der Waals surface area contributed by atoms with E-state index in [1.807, 2.05) is 62.4 Å². The van der Waals surface area contributed by atoms with Crippen LogP contribution < -0.4 is 15.0 Å². The number of aromatic nitrogens is 1. The highest BCUT2D eigenvalue weighted by atomic mass is 16.5. The molecule has 6 nitrogen and oxygen atoms in total. The van der Waals surface area contributed by atoms with Crippen LogP contribution in [0.4, 0.5) is 5.69 Å². The average Bonchev–Trinajstić information content (AvgIpc) is 3.05. The van der Waals surface area contributed by atoms with E-state index in [-0.39, 0.29) is 18.2 Å². The minimum absolute atomic E-state index is 0.127. The van der Waals surface area contributed by atoms with E-state index in [9.17, 15) is 9.59 Å². The van der Waals surface area contributed by atoms with E-state index < -0.39 is 6.04 Å². The number of benzene rings is 2. The first-order valence-electron chi connectivity index (χ1n) is 10.4. The molecule has 0 aliphatic carbocycles. The van der Waals surface area contributed by atoms with Gasteiger partial charge in [-0.25, -0.2) is 0 Å². The molecule has 3 aromatic rings. The second kappa shape index (κ2) is 9.00. The van der Waals surface area contributed by atoms with Gasteiger partial charge < -0.3 is 10.1 Å². The van der Waals surface area contributed by atoms with Crippen LogP contribution in [0.25, 0.3) is 0 Å². The fraction of sp³-hybridized carbons (Fsp3) is 0.240. The molecule has 0 bridgehead atoms. The molecule has 1 aliphatic heterocycles. The number of carbonyl (C=O) groups is 2. The average molecular weight is 415 g/mol. The fourth-order valence-corrected chi connectivity index (χ4v) is 3.84. The molecular formula is C25H25N3O3. The maximum atomic E-state index is 13.1. The number of rotatable bonds is 7. The van der Waals surface area contributed by atoms with Crippen molar-refractivity contribution < 1.29 is 14.3 Å². The quantitative estimate of drug-likeness (QED) is 0.628. The van der Waals surface area contributed by atoms with Crippen molar-refractivity contribution in [3.05, 3.63) is 89.2 Å². The van der Waals surface area contributed by atoms with E-state index in [1.165, 1.54) is 0 Å². The van der Waals surface area contributed by atoms with Gasteiger partial charge in [0.25, 0.3) is 5.91 Å². The molecule has 1 atom stereocenters. The summed E-state index contributed by atoms with van der Waals surface area (Å²) in [5.41, 5.74) is 3.99. The van der Waals surface area contributed by atoms with Gasteiger partial charge >= 0.3 is 0 Å². The third kappa shape index (κ3) is 4.43. The van der Waals surface area contributed by atoms with Gasteiger partial charge in [0.05, 0.1) is 30.3 Å². The monoisotopic (exact) mass is 415 g/mol. The number of nitrogens with zero attached hydrogens (tertiary/aromatic N) is 2.